The van der Waals surface area contributed by atoms with Crippen molar-refractivity contribution in [2.75, 3.05) is 13.2 Å². The van der Waals surface area contributed by atoms with Gasteiger partial charge in [-0.25, -0.2) is 13.1 Å². The molecule has 8 heteroatoms. The molecule has 0 aromatic carbocycles. The molecule has 1 saturated heterocycles. The molecule has 1 fully saturated rings. The first-order valence-electron chi connectivity index (χ1n) is 6.30. The van der Waals surface area contributed by atoms with Crippen molar-refractivity contribution in [1.29, 1.82) is 0 Å². The molecule has 1 aromatic rings. The fraction of sp³-hybridized carbons (Fsp3) is 0.727. The average Bonchev–Trinajstić information content (AvgIpc) is 2.98. The van der Waals surface area contributed by atoms with E-state index >= 15 is 0 Å². The van der Waals surface area contributed by atoms with Gasteiger partial charge in [-0.1, -0.05) is 0 Å². The molecule has 2 heterocycles. The summed E-state index contributed by atoms with van der Waals surface area (Å²) < 4.78 is 32.0. The minimum atomic E-state index is -3.68. The number of aliphatic hydroxyl groups excluding tert-OH is 1. The first-order valence-corrected chi connectivity index (χ1v) is 7.79. The predicted octanol–water partition coefficient (Wildman–Crippen LogP) is 0.0578. The number of nitrogens with one attached hydrogen (secondary N) is 2. The predicted molar refractivity (Wildman–Crippen MR) is 68.0 cm³/mol. The molecule has 1 atom stereocenters. The topological polar surface area (TPSA) is 104 Å². The number of rotatable bonds is 6. The third kappa shape index (κ3) is 3.33. The minimum absolute atomic E-state index is 0.125. The molecule has 3 N–H and O–H groups in total. The molecule has 7 nitrogen and oxygen atoms in total. The Bertz CT molecular complexity index is 520. The van der Waals surface area contributed by atoms with Gasteiger partial charge in [-0.2, -0.15) is 5.10 Å². The number of H-pyrrole nitrogens is 1. The van der Waals surface area contributed by atoms with E-state index in [4.69, 9.17) is 4.74 Å². The van der Waals surface area contributed by atoms with Crippen molar-refractivity contribution < 1.29 is 18.3 Å². The fourth-order valence-corrected chi connectivity index (χ4v) is 3.36. The maximum Gasteiger partial charge on any atom is 0.260 e. The number of ether oxygens (including phenoxy) is 1. The van der Waals surface area contributed by atoms with Crippen LogP contribution in [0.3, 0.4) is 0 Å². The third-order valence-electron chi connectivity index (χ3n) is 3.23. The first-order chi connectivity index (χ1) is 9.04. The van der Waals surface area contributed by atoms with Gasteiger partial charge in [-0.05, 0) is 26.2 Å². The molecule has 0 saturated carbocycles. The Kier molecular flexibility index (Phi) is 4.56. The van der Waals surface area contributed by atoms with Crippen LogP contribution in [0.1, 0.15) is 30.5 Å². The lowest BCUT2D eigenvalue weighted by atomic mass is 10.2. The Labute approximate surface area is 112 Å². The maximum atomic E-state index is 12.1. The molecule has 1 aliphatic rings. The summed E-state index contributed by atoms with van der Waals surface area (Å²) >= 11 is 0. The number of aryl methyl sites for hydroxylation is 1. The quantitative estimate of drug-likeness (QED) is 0.687. The highest BCUT2D eigenvalue weighted by molar-refractivity contribution is 7.89. The monoisotopic (exact) mass is 289 g/mol. The van der Waals surface area contributed by atoms with E-state index in [2.05, 4.69) is 14.9 Å². The van der Waals surface area contributed by atoms with E-state index in [-0.39, 0.29) is 17.7 Å². The summed E-state index contributed by atoms with van der Waals surface area (Å²) in [5, 5.41) is 15.4. The van der Waals surface area contributed by atoms with E-state index in [9.17, 15) is 13.5 Å². The van der Waals surface area contributed by atoms with Crippen LogP contribution >= 0.6 is 0 Å². The molecule has 0 aliphatic carbocycles. The smallest absolute Gasteiger partial charge is 0.260 e. The van der Waals surface area contributed by atoms with Crippen LogP contribution in [0.5, 0.6) is 0 Å². The Morgan fingerprint density at radius 3 is 3.00 bits per heavy atom. The van der Waals surface area contributed by atoms with Crippen LogP contribution in [0.4, 0.5) is 0 Å². The SMILES string of the molecule is Cc1[nH]nc(S(=O)(=O)NCCC2CCCO2)c1CO. The zero-order chi connectivity index (χ0) is 13.9. The molecule has 108 valence electrons. The van der Waals surface area contributed by atoms with Crippen molar-refractivity contribution in [2.24, 2.45) is 0 Å². The zero-order valence-corrected chi connectivity index (χ0v) is 11.7. The van der Waals surface area contributed by atoms with Gasteiger partial charge in [0.1, 0.15) is 0 Å². The molecule has 0 amide bonds. The molecular weight excluding hydrogens is 270 g/mol. The van der Waals surface area contributed by atoms with Crippen LogP contribution in [0.2, 0.25) is 0 Å². The Morgan fingerprint density at radius 2 is 2.37 bits per heavy atom. The van der Waals surface area contributed by atoms with Gasteiger partial charge in [-0.15, -0.1) is 0 Å². The molecule has 2 rings (SSSR count). The van der Waals surface area contributed by atoms with Crippen molar-refractivity contribution in [3.63, 3.8) is 0 Å². The lowest BCUT2D eigenvalue weighted by Crippen LogP contribution is -2.28. The number of aromatic nitrogens is 2. The van der Waals surface area contributed by atoms with E-state index in [0.717, 1.165) is 19.4 Å². The second-order valence-corrected chi connectivity index (χ2v) is 6.29. The summed E-state index contributed by atoms with van der Waals surface area (Å²) in [4.78, 5) is 0. The molecule has 0 radical (unpaired) electrons. The minimum Gasteiger partial charge on any atom is -0.392 e. The van der Waals surface area contributed by atoms with Gasteiger partial charge in [-0.3, -0.25) is 5.10 Å². The van der Waals surface area contributed by atoms with Gasteiger partial charge in [0.2, 0.25) is 0 Å². The first kappa shape index (κ1) is 14.4. The van der Waals surface area contributed by atoms with Crippen molar-refractivity contribution in [1.82, 2.24) is 14.9 Å². The van der Waals surface area contributed by atoms with E-state index < -0.39 is 10.0 Å². The number of sulfonamides is 1. The third-order valence-corrected chi connectivity index (χ3v) is 4.66. The van der Waals surface area contributed by atoms with Gasteiger partial charge in [0.05, 0.1) is 12.7 Å². The highest BCUT2D eigenvalue weighted by Crippen LogP contribution is 2.17. The summed E-state index contributed by atoms with van der Waals surface area (Å²) in [7, 11) is -3.68. The summed E-state index contributed by atoms with van der Waals surface area (Å²) in [5.41, 5.74) is 0.867. The Balaban J connectivity index is 1.97. The number of aliphatic hydroxyl groups is 1. The van der Waals surface area contributed by atoms with Gasteiger partial charge in [0.25, 0.3) is 10.0 Å². The molecule has 0 bridgehead atoms. The standard InChI is InChI=1S/C11H19N3O4S/c1-8-10(7-15)11(14-13-8)19(16,17)12-5-4-9-3-2-6-18-9/h9,12,15H,2-7H2,1H3,(H,13,14). The number of aromatic amines is 1. The molecule has 1 unspecified atom stereocenters. The molecule has 19 heavy (non-hydrogen) atoms. The normalized spacial score (nSPS) is 20.0. The number of hydrogen-bond acceptors (Lipinski definition) is 5. The summed E-state index contributed by atoms with van der Waals surface area (Å²) in [6.07, 6.45) is 2.80. The Hall–Kier alpha value is -0.960. The summed E-state index contributed by atoms with van der Waals surface area (Å²) in [6.45, 7) is 2.38. The second-order valence-electron chi connectivity index (χ2n) is 4.61. The van der Waals surface area contributed by atoms with Crippen LogP contribution in [0.15, 0.2) is 5.03 Å². The van der Waals surface area contributed by atoms with Gasteiger partial charge >= 0.3 is 0 Å². The second kappa shape index (κ2) is 6.00. The Morgan fingerprint density at radius 1 is 1.58 bits per heavy atom. The largest absolute Gasteiger partial charge is 0.392 e. The highest BCUT2D eigenvalue weighted by Gasteiger charge is 2.24. The van der Waals surface area contributed by atoms with Crippen LogP contribution in [0, 0.1) is 6.92 Å². The summed E-state index contributed by atoms with van der Waals surface area (Å²) in [5.74, 6) is 0. The van der Waals surface area contributed by atoms with E-state index in [1.165, 1.54) is 0 Å². The van der Waals surface area contributed by atoms with E-state index in [0.29, 0.717) is 24.2 Å². The van der Waals surface area contributed by atoms with Crippen molar-refractivity contribution in [2.45, 2.75) is 43.9 Å². The molecule has 1 aromatic heterocycles. The van der Waals surface area contributed by atoms with Gasteiger partial charge in [0, 0.05) is 24.4 Å². The molecular formula is C11H19N3O4S. The number of hydrogen-bond donors (Lipinski definition) is 3. The van der Waals surface area contributed by atoms with Gasteiger partial charge < -0.3 is 9.84 Å². The van der Waals surface area contributed by atoms with Crippen LogP contribution in [-0.2, 0) is 21.4 Å². The van der Waals surface area contributed by atoms with Crippen molar-refractivity contribution in [3.8, 4) is 0 Å². The lowest BCUT2D eigenvalue weighted by Gasteiger charge is -2.10. The maximum absolute atomic E-state index is 12.1. The van der Waals surface area contributed by atoms with Crippen LogP contribution in [-0.4, -0.2) is 43.0 Å². The van der Waals surface area contributed by atoms with E-state index in [1.807, 2.05) is 0 Å². The lowest BCUT2D eigenvalue weighted by molar-refractivity contribution is 0.105. The molecule has 1 aliphatic heterocycles. The molecule has 0 spiro atoms. The van der Waals surface area contributed by atoms with Gasteiger partial charge in [0.15, 0.2) is 5.03 Å². The number of nitrogens with zero attached hydrogens (tertiary/aromatic N) is 1. The van der Waals surface area contributed by atoms with Crippen LogP contribution < -0.4 is 4.72 Å². The average molecular weight is 289 g/mol. The highest BCUT2D eigenvalue weighted by atomic mass is 32.2. The summed E-state index contributed by atoms with van der Waals surface area (Å²) in [6, 6.07) is 0. The van der Waals surface area contributed by atoms with Crippen LogP contribution in [0.25, 0.3) is 0 Å². The zero-order valence-electron chi connectivity index (χ0n) is 10.8. The van der Waals surface area contributed by atoms with Crippen molar-refractivity contribution in [3.05, 3.63) is 11.3 Å². The van der Waals surface area contributed by atoms with E-state index in [1.54, 1.807) is 6.92 Å². The van der Waals surface area contributed by atoms with Crippen molar-refractivity contribution >= 4 is 10.0 Å². The fourth-order valence-electron chi connectivity index (χ4n) is 2.13.